The predicted molar refractivity (Wildman–Crippen MR) is 60.8 cm³/mol. The fourth-order valence-corrected chi connectivity index (χ4v) is 2.17. The maximum atomic E-state index is 10.7. The zero-order valence-corrected chi connectivity index (χ0v) is 9.56. The summed E-state index contributed by atoms with van der Waals surface area (Å²) >= 11 is 0. The number of carbonyl (C=O) groups is 1. The lowest BCUT2D eigenvalue weighted by atomic mass is 9.92. The number of rotatable bonds is 4. The topological polar surface area (TPSA) is 82.7 Å². The number of carboxylic acid groups (broad SMARTS) is 1. The fraction of sp³-hybridized carbons (Fsp3) is 0.583. The molecule has 0 spiro atoms. The summed E-state index contributed by atoms with van der Waals surface area (Å²) in [5.41, 5.74) is 0.158. The average Bonchev–Trinajstić information content (AvgIpc) is 2.77. The lowest BCUT2D eigenvalue weighted by Crippen LogP contribution is -2.41. The fourth-order valence-electron chi connectivity index (χ4n) is 2.17. The number of nitrogens with one attached hydrogen (secondary N) is 1. The van der Waals surface area contributed by atoms with E-state index in [1.165, 1.54) is 12.3 Å². The van der Waals surface area contributed by atoms with Gasteiger partial charge < -0.3 is 19.9 Å². The Morgan fingerprint density at radius 2 is 2.24 bits per heavy atom. The van der Waals surface area contributed by atoms with Crippen LogP contribution in [0.5, 0.6) is 0 Å². The summed E-state index contributed by atoms with van der Waals surface area (Å²) in [5, 5.41) is 21.7. The molecule has 1 aromatic rings. The largest absolute Gasteiger partial charge is 0.478 e. The third kappa shape index (κ3) is 3.08. The van der Waals surface area contributed by atoms with Crippen LogP contribution in [-0.2, 0) is 6.54 Å². The van der Waals surface area contributed by atoms with E-state index in [4.69, 9.17) is 9.52 Å². The number of hydrogen-bond acceptors (Lipinski definition) is 4. The molecule has 2 atom stereocenters. The van der Waals surface area contributed by atoms with E-state index >= 15 is 0 Å². The first kappa shape index (κ1) is 12.1. The minimum atomic E-state index is -0.988. The van der Waals surface area contributed by atoms with Gasteiger partial charge in [0.05, 0.1) is 18.2 Å². The Kier molecular flexibility index (Phi) is 3.81. The van der Waals surface area contributed by atoms with E-state index < -0.39 is 5.97 Å². The number of hydrogen-bond donors (Lipinski definition) is 3. The molecule has 1 aliphatic rings. The molecule has 0 saturated heterocycles. The summed E-state index contributed by atoms with van der Waals surface area (Å²) < 4.78 is 5.13. The Balaban J connectivity index is 1.86. The maximum absolute atomic E-state index is 10.7. The van der Waals surface area contributed by atoms with Crippen molar-refractivity contribution in [1.29, 1.82) is 0 Å². The van der Waals surface area contributed by atoms with Crippen molar-refractivity contribution in [3.8, 4) is 0 Å². The van der Waals surface area contributed by atoms with Gasteiger partial charge in [0.15, 0.2) is 0 Å². The van der Waals surface area contributed by atoms with Crippen LogP contribution in [0.1, 0.15) is 41.8 Å². The van der Waals surface area contributed by atoms with E-state index in [1.54, 1.807) is 0 Å². The van der Waals surface area contributed by atoms with E-state index in [-0.39, 0.29) is 17.7 Å². The van der Waals surface area contributed by atoms with E-state index in [0.29, 0.717) is 12.3 Å². The van der Waals surface area contributed by atoms with Crippen LogP contribution in [0.4, 0.5) is 0 Å². The van der Waals surface area contributed by atoms with Crippen molar-refractivity contribution in [3.63, 3.8) is 0 Å². The average molecular weight is 239 g/mol. The Bertz CT molecular complexity index is 388. The predicted octanol–water partition coefficient (Wildman–Crippen LogP) is 1.37. The van der Waals surface area contributed by atoms with Crippen LogP contribution >= 0.6 is 0 Å². The molecule has 0 bridgehead atoms. The highest BCUT2D eigenvalue weighted by atomic mass is 16.4. The molecular weight excluding hydrogens is 222 g/mol. The molecule has 5 heteroatoms. The normalized spacial score (nSPS) is 24.8. The Labute approximate surface area is 99.4 Å². The van der Waals surface area contributed by atoms with Crippen molar-refractivity contribution in [3.05, 3.63) is 23.7 Å². The van der Waals surface area contributed by atoms with Crippen molar-refractivity contribution >= 4 is 5.97 Å². The van der Waals surface area contributed by atoms with Crippen LogP contribution in [0, 0.1) is 0 Å². The number of aliphatic hydroxyl groups excluding tert-OH is 1. The van der Waals surface area contributed by atoms with Gasteiger partial charge >= 0.3 is 5.97 Å². The van der Waals surface area contributed by atoms with Crippen LogP contribution < -0.4 is 5.32 Å². The van der Waals surface area contributed by atoms with Crippen molar-refractivity contribution in [2.45, 2.75) is 44.4 Å². The summed E-state index contributed by atoms with van der Waals surface area (Å²) in [4.78, 5) is 10.7. The molecule has 94 valence electrons. The molecule has 5 nitrogen and oxygen atoms in total. The molecule has 2 rings (SSSR count). The second-order valence-electron chi connectivity index (χ2n) is 4.45. The molecule has 3 N–H and O–H groups in total. The molecule has 1 fully saturated rings. The van der Waals surface area contributed by atoms with Gasteiger partial charge in [0.1, 0.15) is 12.0 Å². The Hall–Kier alpha value is -1.33. The standard InChI is InChI=1S/C12H17NO4/c14-11-4-2-1-3-10(11)13-6-9-5-8(7-17-9)12(15)16/h5,7,10-11,13-14H,1-4,6H2,(H,15,16). The lowest BCUT2D eigenvalue weighted by molar-refractivity contribution is 0.0696. The molecule has 0 aliphatic heterocycles. The molecule has 1 saturated carbocycles. The van der Waals surface area contributed by atoms with E-state index in [0.717, 1.165) is 25.7 Å². The van der Waals surface area contributed by atoms with Gasteiger partial charge in [-0.1, -0.05) is 12.8 Å². The SMILES string of the molecule is O=C(O)c1coc(CNC2CCCCC2O)c1. The van der Waals surface area contributed by atoms with Crippen LogP contribution in [0.25, 0.3) is 0 Å². The van der Waals surface area contributed by atoms with Gasteiger partial charge in [0.25, 0.3) is 0 Å². The smallest absolute Gasteiger partial charge is 0.338 e. The van der Waals surface area contributed by atoms with Gasteiger partial charge in [0, 0.05) is 6.04 Å². The first-order valence-electron chi connectivity index (χ1n) is 5.89. The highest BCUT2D eigenvalue weighted by Crippen LogP contribution is 2.19. The molecule has 1 aliphatic carbocycles. The van der Waals surface area contributed by atoms with E-state index in [1.807, 2.05) is 0 Å². The minimum absolute atomic E-state index is 0.0853. The molecule has 0 amide bonds. The second kappa shape index (κ2) is 5.33. The van der Waals surface area contributed by atoms with Crippen molar-refractivity contribution in [2.75, 3.05) is 0 Å². The molecule has 2 unspecified atom stereocenters. The Morgan fingerprint density at radius 3 is 2.88 bits per heavy atom. The van der Waals surface area contributed by atoms with Crippen molar-refractivity contribution in [2.24, 2.45) is 0 Å². The third-order valence-electron chi connectivity index (χ3n) is 3.17. The van der Waals surface area contributed by atoms with E-state index in [2.05, 4.69) is 5.32 Å². The second-order valence-corrected chi connectivity index (χ2v) is 4.45. The van der Waals surface area contributed by atoms with Crippen molar-refractivity contribution < 1.29 is 19.4 Å². The number of furan rings is 1. The summed E-state index contributed by atoms with van der Waals surface area (Å²) in [6.07, 6.45) is 4.90. The molecular formula is C12H17NO4. The summed E-state index contributed by atoms with van der Waals surface area (Å²) in [7, 11) is 0. The molecule has 0 aromatic carbocycles. The first-order chi connectivity index (χ1) is 8.16. The number of carboxylic acids is 1. The number of aromatic carboxylic acids is 1. The van der Waals surface area contributed by atoms with Crippen LogP contribution in [0.3, 0.4) is 0 Å². The van der Waals surface area contributed by atoms with Gasteiger partial charge in [-0.3, -0.25) is 0 Å². The lowest BCUT2D eigenvalue weighted by Gasteiger charge is -2.28. The molecule has 17 heavy (non-hydrogen) atoms. The number of aliphatic hydroxyl groups is 1. The van der Waals surface area contributed by atoms with Gasteiger partial charge in [-0.25, -0.2) is 4.79 Å². The maximum Gasteiger partial charge on any atom is 0.338 e. The Morgan fingerprint density at radius 1 is 1.47 bits per heavy atom. The summed E-state index contributed by atoms with van der Waals surface area (Å²) in [5.74, 6) is -0.405. The summed E-state index contributed by atoms with van der Waals surface area (Å²) in [6, 6.07) is 1.59. The molecule has 1 aromatic heterocycles. The van der Waals surface area contributed by atoms with Gasteiger partial charge in [-0.2, -0.15) is 0 Å². The van der Waals surface area contributed by atoms with Gasteiger partial charge in [-0.15, -0.1) is 0 Å². The third-order valence-corrected chi connectivity index (χ3v) is 3.17. The van der Waals surface area contributed by atoms with E-state index in [9.17, 15) is 9.90 Å². The van der Waals surface area contributed by atoms with Crippen molar-refractivity contribution in [1.82, 2.24) is 5.32 Å². The minimum Gasteiger partial charge on any atom is -0.478 e. The van der Waals surface area contributed by atoms with Crippen LogP contribution in [0.15, 0.2) is 16.7 Å². The van der Waals surface area contributed by atoms with Gasteiger partial charge in [0.2, 0.25) is 0 Å². The molecule has 0 radical (unpaired) electrons. The highest BCUT2D eigenvalue weighted by Gasteiger charge is 2.22. The highest BCUT2D eigenvalue weighted by molar-refractivity contribution is 5.87. The summed E-state index contributed by atoms with van der Waals surface area (Å²) in [6.45, 7) is 0.453. The quantitative estimate of drug-likeness (QED) is 0.739. The zero-order valence-electron chi connectivity index (χ0n) is 9.56. The van der Waals surface area contributed by atoms with Crippen LogP contribution in [0.2, 0.25) is 0 Å². The monoisotopic (exact) mass is 239 g/mol. The molecule has 1 heterocycles. The van der Waals surface area contributed by atoms with Crippen LogP contribution in [-0.4, -0.2) is 28.3 Å². The van der Waals surface area contributed by atoms with Gasteiger partial charge in [-0.05, 0) is 18.9 Å². The zero-order chi connectivity index (χ0) is 12.3. The first-order valence-corrected chi connectivity index (χ1v) is 5.89.